The molecule has 2 amide bonds. The third kappa shape index (κ3) is 5.53. The summed E-state index contributed by atoms with van der Waals surface area (Å²) in [7, 11) is 0. The standard InChI is InChI=1S/C26H30N2O5/c29-24(28-23-12-6-1-7-17(23)15-25(30)31)13-14-27-26(32)33-16-22-20-10-4-2-8-18(20)19-9-3-5-11-21(19)22/h2-5,8-11,17,22-23H,1,6-7,12-16H2,(H,27,32)(H,28,29)(H,30,31)/t17-,23-/m0/s1. The van der Waals surface area contributed by atoms with Crippen molar-refractivity contribution in [1.82, 2.24) is 10.6 Å². The fraction of sp³-hybridized carbons (Fsp3) is 0.423. The molecule has 1 saturated carbocycles. The molecule has 2 aliphatic rings. The Balaban J connectivity index is 1.23. The average Bonchev–Trinajstić information content (AvgIpc) is 3.12. The zero-order chi connectivity index (χ0) is 23.2. The van der Waals surface area contributed by atoms with Crippen molar-refractivity contribution in [3.05, 3.63) is 59.7 Å². The van der Waals surface area contributed by atoms with Gasteiger partial charge in [0.1, 0.15) is 6.61 Å². The lowest BCUT2D eigenvalue weighted by Gasteiger charge is -2.31. The second-order valence-electron chi connectivity index (χ2n) is 8.82. The summed E-state index contributed by atoms with van der Waals surface area (Å²) in [6.45, 7) is 0.393. The first kappa shape index (κ1) is 22.8. The van der Waals surface area contributed by atoms with Gasteiger partial charge in [0.2, 0.25) is 5.91 Å². The number of fused-ring (bicyclic) bond motifs is 3. The molecule has 3 N–H and O–H groups in total. The maximum absolute atomic E-state index is 12.3. The molecule has 0 aliphatic heterocycles. The van der Waals surface area contributed by atoms with Crippen LogP contribution in [0.5, 0.6) is 0 Å². The van der Waals surface area contributed by atoms with Crippen LogP contribution < -0.4 is 10.6 Å². The number of nitrogens with one attached hydrogen (secondary N) is 2. The van der Waals surface area contributed by atoms with Gasteiger partial charge in [0, 0.05) is 24.9 Å². The molecule has 0 spiro atoms. The summed E-state index contributed by atoms with van der Waals surface area (Å²) >= 11 is 0. The molecule has 0 aromatic heterocycles. The quantitative estimate of drug-likeness (QED) is 0.562. The van der Waals surface area contributed by atoms with Gasteiger partial charge in [-0.15, -0.1) is 0 Å². The molecular weight excluding hydrogens is 420 g/mol. The molecular formula is C26H30N2O5. The highest BCUT2D eigenvalue weighted by Crippen LogP contribution is 2.44. The smallest absolute Gasteiger partial charge is 0.407 e. The van der Waals surface area contributed by atoms with Gasteiger partial charge in [-0.2, -0.15) is 0 Å². The Kier molecular flexibility index (Phi) is 7.27. The first-order chi connectivity index (χ1) is 16.0. The normalized spacial score (nSPS) is 19.3. The van der Waals surface area contributed by atoms with Gasteiger partial charge in [-0.3, -0.25) is 9.59 Å². The minimum Gasteiger partial charge on any atom is -0.481 e. The number of carbonyl (C=O) groups is 3. The Morgan fingerprint density at radius 2 is 1.58 bits per heavy atom. The lowest BCUT2D eigenvalue weighted by Crippen LogP contribution is -2.43. The Bertz CT molecular complexity index is 976. The second-order valence-corrected chi connectivity index (χ2v) is 8.82. The van der Waals surface area contributed by atoms with E-state index in [2.05, 4.69) is 34.9 Å². The van der Waals surface area contributed by atoms with Crippen molar-refractivity contribution in [2.75, 3.05) is 13.2 Å². The number of carboxylic acids is 1. The molecule has 0 radical (unpaired) electrons. The van der Waals surface area contributed by atoms with Crippen LogP contribution in [0.3, 0.4) is 0 Å². The van der Waals surface area contributed by atoms with Crippen LogP contribution in [0.4, 0.5) is 4.79 Å². The van der Waals surface area contributed by atoms with Crippen LogP contribution in [0.15, 0.2) is 48.5 Å². The van der Waals surface area contributed by atoms with Crippen molar-refractivity contribution in [1.29, 1.82) is 0 Å². The molecule has 2 aromatic rings. The van der Waals surface area contributed by atoms with Crippen LogP contribution in [-0.2, 0) is 14.3 Å². The van der Waals surface area contributed by atoms with E-state index in [0.29, 0.717) is 0 Å². The Morgan fingerprint density at radius 3 is 2.24 bits per heavy atom. The van der Waals surface area contributed by atoms with Crippen molar-refractivity contribution < 1.29 is 24.2 Å². The van der Waals surface area contributed by atoms with Crippen LogP contribution in [0.1, 0.15) is 55.6 Å². The molecule has 2 aromatic carbocycles. The zero-order valence-electron chi connectivity index (χ0n) is 18.6. The summed E-state index contributed by atoms with van der Waals surface area (Å²) in [6, 6.07) is 16.2. The second kappa shape index (κ2) is 10.5. The van der Waals surface area contributed by atoms with Gasteiger partial charge in [0.15, 0.2) is 0 Å². The topological polar surface area (TPSA) is 105 Å². The van der Waals surface area contributed by atoms with Crippen LogP contribution in [-0.4, -0.2) is 42.3 Å². The molecule has 7 heteroatoms. The molecule has 4 rings (SSSR count). The van der Waals surface area contributed by atoms with Crippen molar-refractivity contribution in [2.45, 2.75) is 50.5 Å². The molecule has 1 fully saturated rings. The van der Waals surface area contributed by atoms with Crippen LogP contribution >= 0.6 is 0 Å². The third-order valence-electron chi connectivity index (χ3n) is 6.66. The van der Waals surface area contributed by atoms with Gasteiger partial charge in [0.25, 0.3) is 0 Å². The lowest BCUT2D eigenvalue weighted by atomic mass is 9.82. The van der Waals surface area contributed by atoms with E-state index in [0.717, 1.165) is 36.8 Å². The van der Waals surface area contributed by atoms with Crippen molar-refractivity contribution in [3.63, 3.8) is 0 Å². The highest BCUT2D eigenvalue weighted by Gasteiger charge is 2.30. The largest absolute Gasteiger partial charge is 0.481 e. The monoisotopic (exact) mass is 450 g/mol. The van der Waals surface area contributed by atoms with Gasteiger partial charge >= 0.3 is 12.1 Å². The fourth-order valence-electron chi connectivity index (χ4n) is 5.07. The van der Waals surface area contributed by atoms with Crippen molar-refractivity contribution in [2.24, 2.45) is 5.92 Å². The van der Waals surface area contributed by atoms with Crippen LogP contribution in [0.2, 0.25) is 0 Å². The number of alkyl carbamates (subject to hydrolysis) is 1. The number of amides is 2. The third-order valence-corrected chi connectivity index (χ3v) is 6.66. The summed E-state index contributed by atoms with van der Waals surface area (Å²) in [5.74, 6) is -1.06. The van der Waals surface area contributed by atoms with Crippen molar-refractivity contribution in [3.8, 4) is 11.1 Å². The van der Waals surface area contributed by atoms with E-state index in [-0.39, 0.29) is 49.8 Å². The highest BCUT2D eigenvalue weighted by molar-refractivity contribution is 5.79. The van der Waals surface area contributed by atoms with E-state index in [1.807, 2.05) is 24.3 Å². The maximum atomic E-state index is 12.3. The van der Waals surface area contributed by atoms with E-state index in [4.69, 9.17) is 9.84 Å². The van der Waals surface area contributed by atoms with Gasteiger partial charge in [-0.1, -0.05) is 61.4 Å². The Hall–Kier alpha value is -3.35. The number of hydrogen-bond acceptors (Lipinski definition) is 4. The fourth-order valence-corrected chi connectivity index (χ4v) is 5.07. The van der Waals surface area contributed by atoms with E-state index >= 15 is 0 Å². The molecule has 7 nitrogen and oxygen atoms in total. The Morgan fingerprint density at radius 1 is 0.939 bits per heavy atom. The molecule has 0 saturated heterocycles. The summed E-state index contributed by atoms with van der Waals surface area (Å²) in [6.07, 6.45) is 3.24. The molecule has 0 unspecified atom stereocenters. The lowest BCUT2D eigenvalue weighted by molar-refractivity contribution is -0.139. The predicted molar refractivity (Wildman–Crippen MR) is 124 cm³/mol. The highest BCUT2D eigenvalue weighted by atomic mass is 16.5. The number of hydrogen-bond donors (Lipinski definition) is 3. The van der Waals surface area contributed by atoms with Crippen molar-refractivity contribution >= 4 is 18.0 Å². The minimum atomic E-state index is -0.835. The molecule has 2 atom stereocenters. The first-order valence-electron chi connectivity index (χ1n) is 11.6. The summed E-state index contributed by atoms with van der Waals surface area (Å²) in [4.78, 5) is 35.6. The zero-order valence-corrected chi connectivity index (χ0v) is 18.6. The number of rotatable bonds is 8. The van der Waals surface area contributed by atoms with Gasteiger partial charge in [-0.05, 0) is 41.0 Å². The average molecular weight is 451 g/mol. The molecule has 174 valence electrons. The van der Waals surface area contributed by atoms with E-state index in [1.165, 1.54) is 11.1 Å². The minimum absolute atomic E-state index is 0.0103. The molecule has 0 heterocycles. The number of benzene rings is 2. The molecule has 2 aliphatic carbocycles. The van der Waals surface area contributed by atoms with E-state index < -0.39 is 12.1 Å². The summed E-state index contributed by atoms with van der Waals surface area (Å²) in [5, 5.41) is 14.7. The molecule has 0 bridgehead atoms. The van der Waals surface area contributed by atoms with Crippen LogP contribution in [0.25, 0.3) is 11.1 Å². The summed E-state index contributed by atoms with van der Waals surface area (Å²) < 4.78 is 5.49. The van der Waals surface area contributed by atoms with Gasteiger partial charge < -0.3 is 20.5 Å². The number of ether oxygens (including phenoxy) is 1. The Labute approximate surface area is 193 Å². The SMILES string of the molecule is O=C(O)C[C@@H]1CCCC[C@@H]1NC(=O)CCNC(=O)OCC1c2ccccc2-c2ccccc21. The first-order valence-corrected chi connectivity index (χ1v) is 11.6. The van der Waals surface area contributed by atoms with Gasteiger partial charge in [-0.25, -0.2) is 4.79 Å². The number of aliphatic carboxylic acids is 1. The summed E-state index contributed by atoms with van der Waals surface area (Å²) in [5.41, 5.74) is 4.63. The number of carboxylic acid groups (broad SMARTS) is 1. The van der Waals surface area contributed by atoms with Gasteiger partial charge in [0.05, 0.1) is 6.42 Å². The predicted octanol–water partition coefficient (Wildman–Crippen LogP) is 4.06. The maximum Gasteiger partial charge on any atom is 0.407 e. The van der Waals surface area contributed by atoms with Crippen LogP contribution in [0, 0.1) is 5.92 Å². The number of carbonyl (C=O) groups excluding carboxylic acids is 2. The van der Waals surface area contributed by atoms with E-state index in [9.17, 15) is 14.4 Å². The van der Waals surface area contributed by atoms with E-state index in [1.54, 1.807) is 0 Å². The molecule has 33 heavy (non-hydrogen) atoms.